The van der Waals surface area contributed by atoms with Crippen LogP contribution in [0.15, 0.2) is 315 Å². The van der Waals surface area contributed by atoms with Gasteiger partial charge in [-0.25, -0.2) is 8.78 Å². The number of hydrogen-bond acceptors (Lipinski definition) is 2. The Morgan fingerprint density at radius 2 is 0.615 bits per heavy atom. The molecule has 0 aliphatic carbocycles. The van der Waals surface area contributed by atoms with Crippen LogP contribution >= 0.6 is 0 Å². The van der Waals surface area contributed by atoms with Gasteiger partial charge in [0, 0.05) is 33.9 Å². The molecule has 2 nitrogen and oxygen atoms in total. The highest BCUT2D eigenvalue weighted by Gasteiger charge is 2.37. The van der Waals surface area contributed by atoms with Crippen molar-refractivity contribution in [2.24, 2.45) is 0 Å². The first-order valence-electron chi connectivity index (χ1n) is 31.2. The summed E-state index contributed by atoms with van der Waals surface area (Å²) in [5.74, 6) is -0.601. The molecule has 16 aromatic carbocycles. The van der Waals surface area contributed by atoms with E-state index in [9.17, 15) is 0 Å². The molecule has 0 bridgehead atoms. The van der Waals surface area contributed by atoms with Crippen LogP contribution < -0.4 is 20.2 Å². The summed E-state index contributed by atoms with van der Waals surface area (Å²) in [6.45, 7) is 4.92. The van der Waals surface area contributed by atoms with E-state index in [2.05, 4.69) is 217 Å². The molecule has 5 heteroatoms. The van der Waals surface area contributed by atoms with E-state index in [1.165, 1.54) is 26.9 Å². The molecule has 0 spiro atoms. The largest absolute Gasteiger partial charge is 0.308 e. The summed E-state index contributed by atoms with van der Waals surface area (Å²) < 4.78 is 36.7. The molecule has 17 rings (SSSR count). The van der Waals surface area contributed by atoms with Crippen molar-refractivity contribution in [2.45, 2.75) is 13.1 Å². The molecule has 16 aromatic rings. The molecule has 0 saturated carbocycles. The van der Waals surface area contributed by atoms with Crippen molar-refractivity contribution in [3.8, 4) is 55.6 Å². The average molecular weight is 1190 g/mol. The monoisotopic (exact) mass is 1180 g/mol. The Morgan fingerprint density at radius 3 is 1.10 bits per heavy atom. The van der Waals surface area contributed by atoms with Crippen LogP contribution in [0.1, 0.15) is 0 Å². The Labute approximate surface area is 528 Å². The van der Waals surface area contributed by atoms with Gasteiger partial charge in [0.2, 0.25) is 0 Å². The highest BCUT2D eigenvalue weighted by atomic mass is 28.3. The first-order chi connectivity index (χ1) is 44.7. The van der Waals surface area contributed by atoms with Crippen LogP contribution in [0.2, 0.25) is 13.1 Å². The second-order valence-electron chi connectivity index (χ2n) is 24.6. The van der Waals surface area contributed by atoms with E-state index in [1.807, 2.05) is 121 Å². The molecule has 1 aliphatic heterocycles. The Hall–Kier alpha value is -11.2. The lowest BCUT2D eigenvalue weighted by Crippen LogP contribution is -2.56. The fourth-order valence-electron chi connectivity index (χ4n) is 14.5. The van der Waals surface area contributed by atoms with Gasteiger partial charge in [-0.05, 0) is 198 Å². The lowest BCUT2D eigenvalue weighted by atomic mass is 9.91. The van der Waals surface area contributed by atoms with Gasteiger partial charge in [-0.1, -0.05) is 250 Å². The molecular weight excluding hydrogens is 1130 g/mol. The lowest BCUT2D eigenvalue weighted by molar-refractivity contribution is 0.632. The molecule has 0 fully saturated rings. The first-order valence-corrected chi connectivity index (χ1v) is 34.2. The summed E-state index contributed by atoms with van der Waals surface area (Å²) in [5.41, 5.74) is 13.2. The zero-order chi connectivity index (χ0) is 60.9. The van der Waals surface area contributed by atoms with Gasteiger partial charge in [0.15, 0.2) is 11.6 Å². The molecule has 1 heterocycles. The predicted molar refractivity (Wildman–Crippen MR) is 385 cm³/mol. The number of fused-ring (bicyclic) bond motifs is 10. The number of benzene rings is 16. The maximum absolute atomic E-state index is 18.4. The zero-order valence-electron chi connectivity index (χ0n) is 50.2. The van der Waals surface area contributed by atoms with Gasteiger partial charge in [0.1, 0.15) is 8.07 Å². The van der Waals surface area contributed by atoms with Crippen LogP contribution in [0.25, 0.3) is 120 Å². The molecule has 0 radical (unpaired) electrons. The van der Waals surface area contributed by atoms with Crippen molar-refractivity contribution in [1.29, 1.82) is 0 Å². The second kappa shape index (κ2) is 21.5. The summed E-state index contributed by atoms with van der Waals surface area (Å²) >= 11 is 0. The van der Waals surface area contributed by atoms with Gasteiger partial charge >= 0.3 is 0 Å². The number of halogens is 2. The minimum Gasteiger partial charge on any atom is -0.308 e. The van der Waals surface area contributed by atoms with E-state index in [1.54, 1.807) is 0 Å². The van der Waals surface area contributed by atoms with Crippen LogP contribution in [-0.4, -0.2) is 8.07 Å². The van der Waals surface area contributed by atoms with Crippen LogP contribution in [-0.2, 0) is 0 Å². The Kier molecular flexibility index (Phi) is 12.8. The lowest BCUT2D eigenvalue weighted by Gasteiger charge is -2.36. The molecular formula is C86H58F2N2Si. The van der Waals surface area contributed by atoms with Gasteiger partial charge in [-0.2, -0.15) is 0 Å². The van der Waals surface area contributed by atoms with Crippen molar-refractivity contribution in [3.63, 3.8) is 0 Å². The summed E-state index contributed by atoms with van der Waals surface area (Å²) in [4.78, 5) is 4.29. The number of hydrogen-bond donors (Lipinski definition) is 0. The molecule has 430 valence electrons. The summed E-state index contributed by atoms with van der Waals surface area (Å²) in [5, 5.41) is 16.2. The molecule has 91 heavy (non-hydrogen) atoms. The maximum atomic E-state index is 18.4. The van der Waals surface area contributed by atoms with Gasteiger partial charge in [0.25, 0.3) is 0 Å². The van der Waals surface area contributed by atoms with Crippen molar-refractivity contribution in [3.05, 3.63) is 327 Å². The van der Waals surface area contributed by atoms with Crippen molar-refractivity contribution >= 4 is 117 Å². The summed E-state index contributed by atoms with van der Waals surface area (Å²) in [6, 6.07) is 110. The van der Waals surface area contributed by atoms with Gasteiger partial charge < -0.3 is 9.80 Å². The Balaban J connectivity index is 0.871. The van der Waals surface area contributed by atoms with E-state index in [4.69, 9.17) is 0 Å². The number of anilines is 6. The van der Waals surface area contributed by atoms with Gasteiger partial charge in [-0.15, -0.1) is 0 Å². The van der Waals surface area contributed by atoms with Crippen molar-refractivity contribution in [2.75, 3.05) is 9.80 Å². The van der Waals surface area contributed by atoms with E-state index >= 15 is 8.78 Å². The fourth-order valence-corrected chi connectivity index (χ4v) is 17.6. The highest BCUT2D eigenvalue weighted by molar-refractivity contribution is 7.03. The molecule has 0 unspecified atom stereocenters. The van der Waals surface area contributed by atoms with Crippen LogP contribution in [0, 0.1) is 11.6 Å². The summed E-state index contributed by atoms with van der Waals surface area (Å²) in [7, 11) is -2.60. The minimum absolute atomic E-state index is 0.296. The fraction of sp³-hybridized carbons (Fsp3) is 0.0233. The third kappa shape index (κ3) is 9.02. The van der Waals surface area contributed by atoms with Crippen molar-refractivity contribution < 1.29 is 8.78 Å². The maximum Gasteiger partial charge on any atom is 0.155 e. The highest BCUT2D eigenvalue weighted by Crippen LogP contribution is 2.49. The normalized spacial score (nSPS) is 12.5. The van der Waals surface area contributed by atoms with Crippen LogP contribution in [0.4, 0.5) is 42.9 Å². The Bertz CT molecular complexity index is 5590. The van der Waals surface area contributed by atoms with E-state index in [0.29, 0.717) is 22.5 Å². The number of rotatable bonds is 10. The van der Waals surface area contributed by atoms with Gasteiger partial charge in [-0.3, -0.25) is 0 Å². The molecule has 0 saturated heterocycles. The van der Waals surface area contributed by atoms with Crippen molar-refractivity contribution in [1.82, 2.24) is 0 Å². The first kappa shape index (κ1) is 54.0. The average Bonchev–Trinajstić information content (AvgIpc) is 0.721. The predicted octanol–water partition coefficient (Wildman–Crippen LogP) is 23.3. The van der Waals surface area contributed by atoms with Crippen LogP contribution in [0.3, 0.4) is 0 Å². The third-order valence-corrected chi connectivity index (χ3v) is 22.6. The zero-order valence-corrected chi connectivity index (χ0v) is 51.2. The molecule has 0 atom stereocenters. The topological polar surface area (TPSA) is 6.48 Å². The molecule has 0 N–H and O–H groups in total. The Morgan fingerprint density at radius 1 is 0.242 bits per heavy atom. The van der Waals surface area contributed by atoms with E-state index in [0.717, 1.165) is 115 Å². The number of nitrogens with zero attached hydrogens (tertiary/aromatic N) is 2. The van der Waals surface area contributed by atoms with E-state index in [-0.39, 0.29) is 11.6 Å². The summed E-state index contributed by atoms with van der Waals surface area (Å²) in [6.07, 6.45) is 0. The standard InChI is InChI=1S/C86H58F2N2Si/c1-91(2)82-33-19-32-73-76-53-68(89(66-41-38-61-36-34-59-28-15-17-30-70(59)74(61)51-66)80-49-64(55-20-7-3-8-21-55)47-77(85(80)87)57-24-11-5-12-25-57)43-40-63(76)46-79(84(73)82)72-45-44-69(54-83(72)91)90(67-42-39-62-37-35-60-29-16-18-31-71(60)75(62)52-67)81-50-65(56-22-9-4-10-23-56)48-78(86(81)88)58-26-13-6-14-27-58/h3-54H,1-2H3. The quantitative estimate of drug-likeness (QED) is 0.0995. The smallest absolute Gasteiger partial charge is 0.155 e. The van der Waals surface area contributed by atoms with E-state index < -0.39 is 8.07 Å². The molecule has 0 aromatic heterocycles. The second-order valence-corrected chi connectivity index (χ2v) is 29.0. The van der Waals surface area contributed by atoms with Gasteiger partial charge in [0.05, 0.1) is 11.4 Å². The molecule has 0 amide bonds. The van der Waals surface area contributed by atoms with Crippen LogP contribution in [0.5, 0.6) is 0 Å². The molecule has 1 aliphatic rings. The third-order valence-electron chi connectivity index (χ3n) is 19.1. The SMILES string of the molecule is C[Si]1(C)c2cc(N(c3ccc4ccc5ccccc5c4c3)c3cc(-c4ccccc4)cc(-c4ccccc4)c3F)ccc2-c2cc3ccc(N(c4ccc5ccc6ccccc6c5c4)c4cc(-c5ccccc5)cc(-c5ccccc5)c4F)cc3c3cccc1c23. The minimum atomic E-state index is -2.60.